The van der Waals surface area contributed by atoms with Gasteiger partial charge in [0.05, 0.1) is 0 Å². The van der Waals surface area contributed by atoms with Gasteiger partial charge in [0.15, 0.2) is 11.6 Å². The molecule has 18 heavy (non-hydrogen) atoms. The maximum absolute atomic E-state index is 13.5. The molecule has 0 aliphatic carbocycles. The lowest BCUT2D eigenvalue weighted by Crippen LogP contribution is -2.46. The average molecular weight is 275 g/mol. The molecule has 100 valence electrons. The third kappa shape index (κ3) is 3.40. The standard InChI is InChI=1S/C13H17ClF2N2/c14-4-5-17-6-8-18(9-7-17)10-11-2-1-3-12(15)13(11)16/h1-3H,4-10H2. The van der Waals surface area contributed by atoms with Gasteiger partial charge in [-0.1, -0.05) is 12.1 Å². The first-order valence-electron chi connectivity index (χ1n) is 6.14. The van der Waals surface area contributed by atoms with Gasteiger partial charge in [-0.25, -0.2) is 8.78 Å². The molecular weight excluding hydrogens is 258 g/mol. The molecule has 5 heteroatoms. The lowest BCUT2D eigenvalue weighted by atomic mass is 10.1. The van der Waals surface area contributed by atoms with Gasteiger partial charge in [0, 0.05) is 50.7 Å². The van der Waals surface area contributed by atoms with Crippen LogP contribution in [0.3, 0.4) is 0 Å². The van der Waals surface area contributed by atoms with Crippen molar-refractivity contribution in [3.63, 3.8) is 0 Å². The maximum Gasteiger partial charge on any atom is 0.163 e. The zero-order chi connectivity index (χ0) is 13.0. The highest BCUT2D eigenvalue weighted by atomic mass is 35.5. The fraction of sp³-hybridized carbons (Fsp3) is 0.538. The van der Waals surface area contributed by atoms with Gasteiger partial charge in [-0.2, -0.15) is 0 Å². The number of benzene rings is 1. The molecule has 1 aromatic rings. The zero-order valence-corrected chi connectivity index (χ0v) is 11.0. The van der Waals surface area contributed by atoms with Gasteiger partial charge in [-0.15, -0.1) is 11.6 Å². The van der Waals surface area contributed by atoms with Crippen molar-refractivity contribution in [2.45, 2.75) is 6.54 Å². The third-order valence-corrected chi connectivity index (χ3v) is 3.46. The van der Waals surface area contributed by atoms with Crippen LogP contribution < -0.4 is 0 Å². The molecule has 1 saturated heterocycles. The van der Waals surface area contributed by atoms with E-state index < -0.39 is 11.6 Å². The number of piperazine rings is 1. The molecule has 0 aromatic heterocycles. The van der Waals surface area contributed by atoms with Crippen LogP contribution in [-0.2, 0) is 6.54 Å². The van der Waals surface area contributed by atoms with E-state index in [0.29, 0.717) is 18.0 Å². The molecule has 1 heterocycles. The van der Waals surface area contributed by atoms with E-state index in [2.05, 4.69) is 9.80 Å². The van der Waals surface area contributed by atoms with Crippen LogP contribution in [0.25, 0.3) is 0 Å². The van der Waals surface area contributed by atoms with Crippen molar-refractivity contribution in [2.75, 3.05) is 38.6 Å². The molecule has 0 unspecified atom stereocenters. The van der Waals surface area contributed by atoms with E-state index in [4.69, 9.17) is 11.6 Å². The molecule has 1 aliphatic rings. The monoisotopic (exact) mass is 274 g/mol. The summed E-state index contributed by atoms with van der Waals surface area (Å²) in [6.45, 7) is 4.97. The summed E-state index contributed by atoms with van der Waals surface area (Å²) in [4.78, 5) is 4.42. The fourth-order valence-corrected chi connectivity index (χ4v) is 2.44. The van der Waals surface area contributed by atoms with Crippen LogP contribution >= 0.6 is 11.6 Å². The van der Waals surface area contributed by atoms with Crippen molar-refractivity contribution in [1.29, 1.82) is 0 Å². The Bertz CT molecular complexity index is 393. The number of halogens is 3. The topological polar surface area (TPSA) is 6.48 Å². The Balaban J connectivity index is 1.90. The molecule has 0 N–H and O–H groups in total. The second-order valence-electron chi connectivity index (χ2n) is 4.52. The summed E-state index contributed by atoms with van der Waals surface area (Å²) in [6, 6.07) is 4.35. The highest BCUT2D eigenvalue weighted by molar-refractivity contribution is 6.18. The summed E-state index contributed by atoms with van der Waals surface area (Å²) in [5.74, 6) is -0.854. The molecule has 0 atom stereocenters. The smallest absolute Gasteiger partial charge is 0.163 e. The summed E-state index contributed by atoms with van der Waals surface area (Å²) in [7, 11) is 0. The molecule has 0 saturated carbocycles. The van der Waals surface area contributed by atoms with E-state index >= 15 is 0 Å². The second-order valence-corrected chi connectivity index (χ2v) is 4.90. The van der Waals surface area contributed by atoms with Gasteiger partial charge >= 0.3 is 0 Å². The molecule has 0 radical (unpaired) electrons. The van der Waals surface area contributed by atoms with Crippen molar-refractivity contribution in [3.05, 3.63) is 35.4 Å². The predicted molar refractivity (Wildman–Crippen MR) is 68.8 cm³/mol. The molecule has 1 aliphatic heterocycles. The van der Waals surface area contributed by atoms with Crippen molar-refractivity contribution in [2.24, 2.45) is 0 Å². The molecule has 1 fully saturated rings. The number of hydrogen-bond acceptors (Lipinski definition) is 2. The normalized spacial score (nSPS) is 18.2. The molecular formula is C13H17ClF2N2. The molecule has 2 rings (SSSR count). The Kier molecular flexibility index (Phi) is 4.92. The number of rotatable bonds is 4. The van der Waals surface area contributed by atoms with Crippen LogP contribution in [0.5, 0.6) is 0 Å². The predicted octanol–water partition coefficient (Wildman–Crippen LogP) is 2.32. The maximum atomic E-state index is 13.5. The minimum absolute atomic E-state index is 0.431. The Morgan fingerprint density at radius 2 is 1.72 bits per heavy atom. The highest BCUT2D eigenvalue weighted by Crippen LogP contribution is 2.14. The Labute approximate surface area is 111 Å². The van der Waals surface area contributed by atoms with E-state index in [1.165, 1.54) is 0 Å². The van der Waals surface area contributed by atoms with Gasteiger partial charge in [-0.3, -0.25) is 9.80 Å². The summed E-state index contributed by atoms with van der Waals surface area (Å²) in [5, 5.41) is 0. The Morgan fingerprint density at radius 1 is 1.06 bits per heavy atom. The number of hydrogen-bond donors (Lipinski definition) is 0. The van der Waals surface area contributed by atoms with Gasteiger partial charge in [0.2, 0.25) is 0 Å². The first-order chi connectivity index (χ1) is 8.70. The second kappa shape index (κ2) is 6.45. The first kappa shape index (κ1) is 13.7. The minimum atomic E-state index is -0.770. The summed E-state index contributed by atoms with van der Waals surface area (Å²) < 4.78 is 26.6. The molecule has 2 nitrogen and oxygen atoms in total. The van der Waals surface area contributed by atoms with Gasteiger partial charge in [-0.05, 0) is 6.07 Å². The van der Waals surface area contributed by atoms with E-state index in [1.54, 1.807) is 12.1 Å². The van der Waals surface area contributed by atoms with Crippen molar-refractivity contribution in [3.8, 4) is 0 Å². The average Bonchev–Trinajstić information content (AvgIpc) is 2.38. The number of alkyl halides is 1. The summed E-state index contributed by atoms with van der Waals surface area (Å²) >= 11 is 5.69. The molecule has 1 aromatic carbocycles. The van der Waals surface area contributed by atoms with Crippen molar-refractivity contribution < 1.29 is 8.78 Å². The van der Waals surface area contributed by atoms with Crippen LogP contribution in [0.2, 0.25) is 0 Å². The Hall–Kier alpha value is -0.710. The van der Waals surface area contributed by atoms with E-state index in [9.17, 15) is 8.78 Å². The molecule has 0 amide bonds. The molecule has 0 bridgehead atoms. The molecule has 0 spiro atoms. The fourth-order valence-electron chi connectivity index (χ4n) is 2.20. The summed E-state index contributed by atoms with van der Waals surface area (Å²) in [6.07, 6.45) is 0. The lowest BCUT2D eigenvalue weighted by Gasteiger charge is -2.34. The van der Waals surface area contributed by atoms with Crippen LogP contribution in [0, 0.1) is 11.6 Å². The van der Waals surface area contributed by atoms with E-state index in [1.807, 2.05) is 0 Å². The van der Waals surface area contributed by atoms with E-state index in [-0.39, 0.29) is 0 Å². The first-order valence-corrected chi connectivity index (χ1v) is 6.67. The Morgan fingerprint density at radius 3 is 2.39 bits per heavy atom. The van der Waals surface area contributed by atoms with Crippen LogP contribution in [0.15, 0.2) is 18.2 Å². The van der Waals surface area contributed by atoms with Crippen molar-refractivity contribution >= 4 is 11.6 Å². The van der Waals surface area contributed by atoms with Crippen LogP contribution in [0.1, 0.15) is 5.56 Å². The van der Waals surface area contributed by atoms with E-state index in [0.717, 1.165) is 38.8 Å². The highest BCUT2D eigenvalue weighted by Gasteiger charge is 2.18. The number of nitrogens with zero attached hydrogens (tertiary/aromatic N) is 2. The zero-order valence-electron chi connectivity index (χ0n) is 10.2. The summed E-state index contributed by atoms with van der Waals surface area (Å²) in [5.41, 5.74) is 0.431. The lowest BCUT2D eigenvalue weighted by molar-refractivity contribution is 0.131. The van der Waals surface area contributed by atoms with Gasteiger partial charge in [0.25, 0.3) is 0 Å². The van der Waals surface area contributed by atoms with Gasteiger partial charge < -0.3 is 0 Å². The van der Waals surface area contributed by atoms with Gasteiger partial charge in [0.1, 0.15) is 0 Å². The largest absolute Gasteiger partial charge is 0.300 e. The quantitative estimate of drug-likeness (QED) is 0.778. The third-order valence-electron chi connectivity index (χ3n) is 3.29. The SMILES string of the molecule is Fc1cccc(CN2CCN(CCCl)CC2)c1F. The minimum Gasteiger partial charge on any atom is -0.300 e. The van der Waals surface area contributed by atoms with Crippen LogP contribution in [0.4, 0.5) is 8.78 Å². The van der Waals surface area contributed by atoms with Crippen molar-refractivity contribution in [1.82, 2.24) is 9.80 Å². The van der Waals surface area contributed by atoms with Crippen LogP contribution in [-0.4, -0.2) is 48.4 Å².